The second kappa shape index (κ2) is 12.9. The molecule has 202 valence electrons. The van der Waals surface area contributed by atoms with Crippen LogP contribution in [0.2, 0.25) is 0 Å². The van der Waals surface area contributed by atoms with E-state index in [0.29, 0.717) is 18.4 Å². The Morgan fingerprint density at radius 1 is 1.26 bits per heavy atom. The van der Waals surface area contributed by atoms with Crippen molar-refractivity contribution in [3.05, 3.63) is 12.3 Å². The van der Waals surface area contributed by atoms with Crippen LogP contribution in [0.1, 0.15) is 97.3 Å². The second-order valence-electron chi connectivity index (χ2n) is 11.9. The highest BCUT2D eigenvalue weighted by molar-refractivity contribution is 5.68. The van der Waals surface area contributed by atoms with Gasteiger partial charge >= 0.3 is 5.97 Å². The van der Waals surface area contributed by atoms with Crippen LogP contribution in [0.4, 0.5) is 0 Å². The Bertz CT molecular complexity index is 707. The Hall–Kier alpha value is -1.19. The number of aliphatic hydroxyl groups is 2. The van der Waals surface area contributed by atoms with Crippen LogP contribution in [-0.4, -0.2) is 74.8 Å². The number of nitrogens with two attached hydrogens (primary N) is 1. The first-order valence-corrected chi connectivity index (χ1v) is 13.9. The molecule has 3 aliphatic heterocycles. The molecule has 3 aliphatic rings. The number of aliphatic carboxylic acids is 1. The molecule has 0 amide bonds. The topological polar surface area (TPSA) is 131 Å². The largest absolute Gasteiger partial charge is 0.481 e. The molecule has 0 unspecified atom stereocenters. The number of nitrogens with zero attached hydrogens (tertiary/aromatic N) is 1. The highest BCUT2D eigenvalue weighted by atomic mass is 16.4. The predicted octanol–water partition coefficient (Wildman–Crippen LogP) is 2.69. The quantitative estimate of drug-likeness (QED) is 0.216. The molecule has 0 radical (unpaired) electrons. The normalized spacial score (nSPS) is 34.9. The van der Waals surface area contributed by atoms with Gasteiger partial charge in [0.05, 0.1) is 30.3 Å². The summed E-state index contributed by atoms with van der Waals surface area (Å²) in [5, 5.41) is 37.2. The number of carboxylic acids is 1. The predicted molar refractivity (Wildman–Crippen MR) is 139 cm³/mol. The molecule has 35 heavy (non-hydrogen) atoms. The first-order chi connectivity index (χ1) is 16.6. The SMILES string of the molecule is C[C@H]1[C@H](O)CC[C@H]2C[C@H](CCCCCCC[C@](O)(CN[C@]3(C)CCN[C@H](N)C3)CC(=O)O)C=CN21. The third-order valence-corrected chi connectivity index (χ3v) is 8.64. The molecule has 0 aliphatic carbocycles. The number of carboxylic acid groups (broad SMARTS) is 1. The van der Waals surface area contributed by atoms with E-state index in [2.05, 4.69) is 41.7 Å². The van der Waals surface area contributed by atoms with Gasteiger partial charge in [-0.3, -0.25) is 4.79 Å². The summed E-state index contributed by atoms with van der Waals surface area (Å²) in [4.78, 5) is 13.8. The molecule has 2 saturated heterocycles. The number of carbonyl (C=O) groups is 1. The van der Waals surface area contributed by atoms with Crippen molar-refractivity contribution in [2.45, 2.75) is 133 Å². The van der Waals surface area contributed by atoms with Crippen molar-refractivity contribution in [2.75, 3.05) is 13.1 Å². The standard InChI is InChI=1S/C27H50N4O4/c1-20-23(32)10-9-22-16-21(11-15-31(20)22)8-6-4-3-5-7-12-27(35,18-25(33)34)19-30-26(2)13-14-29-24(28)17-26/h11,15,20-24,29-30,32,35H,3-10,12-14,16-19,28H2,1-2H3,(H,33,34)/t20-,21+,22-,23+,24-,26+,27+/m0/s1. The monoisotopic (exact) mass is 494 g/mol. The molecule has 3 heterocycles. The van der Waals surface area contributed by atoms with Crippen molar-refractivity contribution in [1.29, 1.82) is 0 Å². The number of fused-ring (bicyclic) bond motifs is 1. The number of hydrogen-bond donors (Lipinski definition) is 6. The van der Waals surface area contributed by atoms with Crippen LogP contribution >= 0.6 is 0 Å². The molecule has 0 saturated carbocycles. The Morgan fingerprint density at radius 3 is 2.74 bits per heavy atom. The Kier molecular flexibility index (Phi) is 10.4. The summed E-state index contributed by atoms with van der Waals surface area (Å²) >= 11 is 0. The minimum Gasteiger partial charge on any atom is -0.481 e. The number of nitrogens with one attached hydrogen (secondary N) is 2. The van der Waals surface area contributed by atoms with Gasteiger partial charge in [0.2, 0.25) is 0 Å². The van der Waals surface area contributed by atoms with E-state index in [0.717, 1.165) is 51.5 Å². The van der Waals surface area contributed by atoms with Gasteiger partial charge in [-0.15, -0.1) is 0 Å². The fourth-order valence-corrected chi connectivity index (χ4v) is 6.29. The summed E-state index contributed by atoms with van der Waals surface area (Å²) in [5.74, 6) is -0.322. The third kappa shape index (κ3) is 8.71. The lowest BCUT2D eigenvalue weighted by atomic mass is 9.83. The molecule has 7 atom stereocenters. The molecule has 2 fully saturated rings. The minimum absolute atomic E-state index is 0.0732. The Balaban J connectivity index is 1.32. The van der Waals surface area contributed by atoms with Crippen LogP contribution in [0.15, 0.2) is 12.3 Å². The first-order valence-electron chi connectivity index (χ1n) is 13.9. The van der Waals surface area contributed by atoms with Crippen LogP contribution in [0, 0.1) is 5.92 Å². The van der Waals surface area contributed by atoms with E-state index >= 15 is 0 Å². The van der Waals surface area contributed by atoms with E-state index < -0.39 is 11.6 Å². The van der Waals surface area contributed by atoms with Crippen molar-refractivity contribution in [3.63, 3.8) is 0 Å². The Morgan fingerprint density at radius 2 is 2.00 bits per heavy atom. The molecule has 8 nitrogen and oxygen atoms in total. The van der Waals surface area contributed by atoms with Gasteiger partial charge in [0.25, 0.3) is 0 Å². The number of rotatable bonds is 13. The van der Waals surface area contributed by atoms with Crippen molar-refractivity contribution in [1.82, 2.24) is 15.5 Å². The number of unbranched alkanes of at least 4 members (excludes halogenated alkanes) is 4. The average Bonchev–Trinajstić information content (AvgIpc) is 2.79. The van der Waals surface area contributed by atoms with Crippen LogP contribution in [0.25, 0.3) is 0 Å². The molecule has 0 aromatic rings. The minimum atomic E-state index is -1.23. The zero-order chi connectivity index (χ0) is 25.5. The van der Waals surface area contributed by atoms with Gasteiger partial charge in [-0.2, -0.15) is 0 Å². The Labute approximate surface area is 211 Å². The maximum Gasteiger partial charge on any atom is 0.306 e. The third-order valence-electron chi connectivity index (χ3n) is 8.64. The van der Waals surface area contributed by atoms with Crippen LogP contribution in [-0.2, 0) is 4.79 Å². The van der Waals surface area contributed by atoms with E-state index in [1.165, 1.54) is 25.7 Å². The lowest BCUT2D eigenvalue weighted by Gasteiger charge is -2.46. The molecule has 0 aromatic carbocycles. The van der Waals surface area contributed by atoms with E-state index in [9.17, 15) is 20.1 Å². The summed E-state index contributed by atoms with van der Waals surface area (Å²) in [5.41, 5.74) is 4.62. The highest BCUT2D eigenvalue weighted by Gasteiger charge is 2.36. The fraction of sp³-hybridized carbons (Fsp3) is 0.889. The van der Waals surface area contributed by atoms with Gasteiger partial charge in [0.15, 0.2) is 0 Å². The van der Waals surface area contributed by atoms with Crippen molar-refractivity contribution in [2.24, 2.45) is 11.7 Å². The van der Waals surface area contributed by atoms with E-state index in [4.69, 9.17) is 5.73 Å². The molecule has 0 spiro atoms. The lowest BCUT2D eigenvalue weighted by Crippen LogP contribution is -2.59. The van der Waals surface area contributed by atoms with Crippen LogP contribution < -0.4 is 16.4 Å². The van der Waals surface area contributed by atoms with E-state index in [1.54, 1.807) is 0 Å². The maximum atomic E-state index is 11.4. The average molecular weight is 495 g/mol. The fourth-order valence-electron chi connectivity index (χ4n) is 6.29. The lowest BCUT2D eigenvalue weighted by molar-refractivity contribution is -0.143. The van der Waals surface area contributed by atoms with Crippen molar-refractivity contribution in [3.8, 4) is 0 Å². The smallest absolute Gasteiger partial charge is 0.306 e. The molecule has 8 heteroatoms. The summed E-state index contributed by atoms with van der Waals surface area (Å²) in [6, 6.07) is 0.799. The van der Waals surface area contributed by atoms with Crippen LogP contribution in [0.3, 0.4) is 0 Å². The second-order valence-corrected chi connectivity index (χ2v) is 11.9. The first kappa shape index (κ1) is 28.4. The number of β-amino-alcohol motifs (C(OH)–C–C–N with tert-alkyl or cyclic N) is 1. The van der Waals surface area contributed by atoms with Gasteiger partial charge in [-0.1, -0.05) is 38.2 Å². The molecule has 0 bridgehead atoms. The van der Waals surface area contributed by atoms with Gasteiger partial charge in [-0.05, 0) is 77.5 Å². The summed E-state index contributed by atoms with van der Waals surface area (Å²) < 4.78 is 0. The maximum absolute atomic E-state index is 11.4. The van der Waals surface area contributed by atoms with Crippen molar-refractivity contribution >= 4 is 5.97 Å². The number of allylic oxidation sites excluding steroid dienone is 1. The van der Waals surface area contributed by atoms with Crippen molar-refractivity contribution < 1.29 is 20.1 Å². The van der Waals surface area contributed by atoms with Gasteiger partial charge < -0.3 is 36.6 Å². The highest BCUT2D eigenvalue weighted by Crippen LogP contribution is 2.33. The zero-order valence-corrected chi connectivity index (χ0v) is 21.9. The van der Waals surface area contributed by atoms with Gasteiger partial charge in [0.1, 0.15) is 0 Å². The zero-order valence-electron chi connectivity index (χ0n) is 21.9. The molecule has 0 aromatic heterocycles. The summed E-state index contributed by atoms with van der Waals surface area (Å²) in [6.07, 6.45) is 15.9. The van der Waals surface area contributed by atoms with Gasteiger partial charge in [-0.25, -0.2) is 0 Å². The van der Waals surface area contributed by atoms with Gasteiger partial charge in [0, 0.05) is 18.1 Å². The molecular weight excluding hydrogens is 444 g/mol. The molecular formula is C27H50N4O4. The molecule has 3 rings (SSSR count). The number of aliphatic hydroxyl groups excluding tert-OH is 1. The van der Waals surface area contributed by atoms with Crippen LogP contribution in [0.5, 0.6) is 0 Å². The number of piperidine rings is 2. The molecule has 7 N–H and O–H groups in total. The van der Waals surface area contributed by atoms with E-state index in [-0.39, 0.29) is 36.8 Å². The number of hydrogen-bond acceptors (Lipinski definition) is 7. The summed E-state index contributed by atoms with van der Waals surface area (Å²) in [6.45, 7) is 5.33. The van der Waals surface area contributed by atoms with E-state index in [1.807, 2.05) is 0 Å². The summed E-state index contributed by atoms with van der Waals surface area (Å²) in [7, 11) is 0.